The molecule has 11 nitrogen and oxygen atoms in total. The quantitative estimate of drug-likeness (QED) is 0.130. The number of benzene rings is 2. The zero-order valence-corrected chi connectivity index (χ0v) is 18.6. The Bertz CT molecular complexity index is 1210. The van der Waals surface area contributed by atoms with Crippen LogP contribution in [0.5, 0.6) is 11.5 Å². The van der Waals surface area contributed by atoms with Crippen molar-refractivity contribution in [3.05, 3.63) is 59.2 Å². The van der Waals surface area contributed by atoms with E-state index in [1.54, 1.807) is 0 Å². The highest BCUT2D eigenvalue weighted by Gasteiger charge is 2.19. The summed E-state index contributed by atoms with van der Waals surface area (Å²) in [5, 5.41) is 0. The number of nitrogens with two attached hydrogens (primary N) is 2. The molecule has 1 atom stereocenters. The molecule has 0 bridgehead atoms. The number of nitrogens with zero attached hydrogens (tertiary/aromatic N) is 1. The predicted octanol–water partition coefficient (Wildman–Crippen LogP) is 1.86. The molecule has 1 unspecified atom stereocenters. The molecular formula is C18H18F2N4O7PS+. The first-order valence-corrected chi connectivity index (χ1v) is 11.4. The van der Waals surface area contributed by atoms with Gasteiger partial charge in [0.05, 0.1) is 4.90 Å². The first kappa shape index (κ1) is 26.0. The second kappa shape index (κ2) is 11.0. The van der Waals surface area contributed by atoms with Crippen LogP contribution in [0.3, 0.4) is 0 Å². The Labute approximate surface area is 187 Å². The van der Waals surface area contributed by atoms with Gasteiger partial charge in [-0.1, -0.05) is 0 Å². The lowest BCUT2D eigenvalue weighted by Crippen LogP contribution is -2.25. The van der Waals surface area contributed by atoms with Crippen LogP contribution in [-0.4, -0.2) is 31.9 Å². The minimum Gasteiger partial charge on any atom is -0.451 e. The fourth-order valence-electron chi connectivity index (χ4n) is 2.32. The molecule has 0 saturated carbocycles. The third kappa shape index (κ3) is 7.66. The van der Waals surface area contributed by atoms with Gasteiger partial charge in [-0.05, 0) is 55.0 Å². The maximum atomic E-state index is 14.4. The van der Waals surface area contributed by atoms with Gasteiger partial charge in [0, 0.05) is 10.1 Å². The lowest BCUT2D eigenvalue weighted by molar-refractivity contribution is -0.114. The number of aliphatic imine (C=N–C) groups is 1. The molecule has 1 amide bonds. The molecule has 2 aromatic carbocycles. The number of nitrogens with one attached hydrogen (secondary N) is 1. The Hall–Kier alpha value is -3.29. The summed E-state index contributed by atoms with van der Waals surface area (Å²) < 4.78 is 74.7. The number of hydrogen-bond donors (Lipinski definition) is 4. The summed E-state index contributed by atoms with van der Waals surface area (Å²) in [5.74, 6) is -4.25. The highest BCUT2D eigenvalue weighted by Crippen LogP contribution is 2.30. The van der Waals surface area contributed by atoms with Crippen LogP contribution >= 0.6 is 8.25 Å². The van der Waals surface area contributed by atoms with Gasteiger partial charge >= 0.3 is 8.25 Å². The van der Waals surface area contributed by atoms with Crippen LogP contribution in [0, 0.1) is 11.6 Å². The van der Waals surface area contributed by atoms with Crippen molar-refractivity contribution in [1.82, 2.24) is 4.72 Å². The summed E-state index contributed by atoms with van der Waals surface area (Å²) in [6, 6.07) is 6.29. The maximum Gasteiger partial charge on any atom is 0.696 e. The number of hydrogen-bond acceptors (Lipinski definition) is 6. The molecule has 0 saturated heterocycles. The van der Waals surface area contributed by atoms with Crippen molar-refractivity contribution in [3.8, 4) is 11.5 Å². The predicted molar refractivity (Wildman–Crippen MR) is 113 cm³/mol. The topological polar surface area (TPSA) is 183 Å². The Balaban J connectivity index is 2.19. The third-order valence-corrected chi connectivity index (χ3v) is 5.49. The zero-order valence-electron chi connectivity index (χ0n) is 16.9. The Kier molecular flexibility index (Phi) is 8.68. The molecule has 33 heavy (non-hydrogen) atoms. The van der Waals surface area contributed by atoms with Crippen LogP contribution in [-0.2, 0) is 23.9 Å². The zero-order chi connectivity index (χ0) is 24.8. The van der Waals surface area contributed by atoms with Gasteiger partial charge in [0.25, 0.3) is 5.91 Å². The van der Waals surface area contributed by atoms with E-state index in [4.69, 9.17) is 21.1 Å². The molecule has 2 aromatic rings. The highest BCUT2D eigenvalue weighted by molar-refractivity contribution is 7.89. The maximum absolute atomic E-state index is 14.4. The summed E-state index contributed by atoms with van der Waals surface area (Å²) in [5.41, 5.74) is 10.3. The lowest BCUT2D eigenvalue weighted by Gasteiger charge is -2.10. The lowest BCUT2D eigenvalue weighted by atomic mass is 10.1. The molecule has 176 valence electrons. The van der Waals surface area contributed by atoms with Gasteiger partial charge in [-0.3, -0.25) is 4.79 Å². The Morgan fingerprint density at radius 1 is 1.21 bits per heavy atom. The van der Waals surface area contributed by atoms with Crippen molar-refractivity contribution in [3.63, 3.8) is 0 Å². The Morgan fingerprint density at radius 3 is 2.30 bits per heavy atom. The number of carbonyl (C=O) groups excluding carboxylic acids is 1. The molecule has 2 rings (SSSR count). The number of ether oxygens (including phenoxy) is 1. The van der Waals surface area contributed by atoms with E-state index in [9.17, 15) is 26.6 Å². The second-order valence-corrected chi connectivity index (χ2v) is 8.72. The average molecular weight is 503 g/mol. The van der Waals surface area contributed by atoms with Gasteiger partial charge in [0.1, 0.15) is 5.75 Å². The fraction of sp³-hybridized carbons (Fsp3) is 0.111. The fourth-order valence-corrected chi connectivity index (χ4v) is 3.46. The van der Waals surface area contributed by atoms with Crippen molar-refractivity contribution in [2.24, 2.45) is 16.5 Å². The van der Waals surface area contributed by atoms with Gasteiger partial charge in [0.2, 0.25) is 10.0 Å². The SMILES string of the molecule is C/C(=C\c1cc(F)c(Oc2ccc(S(=O)(=O)NCO[P+](=O)O)cc2)c(F)c1)C(=O)N=C(N)N. The van der Waals surface area contributed by atoms with Crippen LogP contribution < -0.4 is 20.9 Å². The number of amides is 1. The van der Waals surface area contributed by atoms with E-state index in [2.05, 4.69) is 9.52 Å². The minimum atomic E-state index is -4.07. The van der Waals surface area contributed by atoms with Crippen LogP contribution in [0.25, 0.3) is 6.08 Å². The molecule has 0 heterocycles. The van der Waals surface area contributed by atoms with Crippen molar-refractivity contribution in [1.29, 1.82) is 0 Å². The first-order chi connectivity index (χ1) is 15.4. The summed E-state index contributed by atoms with van der Waals surface area (Å²) in [6.45, 7) is 0.621. The molecule has 6 N–H and O–H groups in total. The van der Waals surface area contributed by atoms with Crippen LogP contribution in [0.1, 0.15) is 12.5 Å². The van der Waals surface area contributed by atoms with E-state index in [1.807, 2.05) is 4.72 Å². The van der Waals surface area contributed by atoms with Crippen molar-refractivity contribution < 1.29 is 40.7 Å². The highest BCUT2D eigenvalue weighted by atomic mass is 32.2. The van der Waals surface area contributed by atoms with E-state index in [-0.39, 0.29) is 21.8 Å². The summed E-state index contributed by atoms with van der Waals surface area (Å²) in [6.07, 6.45) is 1.17. The number of halogens is 2. The molecule has 0 spiro atoms. The van der Waals surface area contributed by atoms with E-state index in [0.29, 0.717) is 0 Å². The van der Waals surface area contributed by atoms with Gasteiger partial charge in [-0.2, -0.15) is 9.71 Å². The molecule has 0 aliphatic rings. The molecule has 0 radical (unpaired) electrons. The van der Waals surface area contributed by atoms with Gasteiger partial charge in [-0.15, -0.1) is 9.42 Å². The largest absolute Gasteiger partial charge is 0.696 e. The van der Waals surface area contributed by atoms with Crippen LogP contribution in [0.15, 0.2) is 51.9 Å². The van der Waals surface area contributed by atoms with Crippen molar-refractivity contribution >= 4 is 36.2 Å². The second-order valence-electron chi connectivity index (χ2n) is 6.22. The monoisotopic (exact) mass is 503 g/mol. The molecule has 0 aliphatic heterocycles. The van der Waals surface area contributed by atoms with Gasteiger partial charge in [0.15, 0.2) is 30.1 Å². The minimum absolute atomic E-state index is 0.00773. The number of guanidine groups is 1. The normalized spacial score (nSPS) is 12.2. The number of rotatable bonds is 9. The third-order valence-electron chi connectivity index (χ3n) is 3.75. The molecule has 0 aliphatic carbocycles. The van der Waals surface area contributed by atoms with E-state index in [0.717, 1.165) is 36.4 Å². The Morgan fingerprint density at radius 2 is 1.79 bits per heavy atom. The van der Waals surface area contributed by atoms with Gasteiger partial charge < -0.3 is 16.2 Å². The van der Waals surface area contributed by atoms with Crippen molar-refractivity contribution in [2.45, 2.75) is 11.8 Å². The van der Waals surface area contributed by atoms with Crippen molar-refractivity contribution in [2.75, 3.05) is 6.73 Å². The smallest absolute Gasteiger partial charge is 0.451 e. The summed E-state index contributed by atoms with van der Waals surface area (Å²) >= 11 is 0. The molecule has 0 aromatic heterocycles. The first-order valence-electron chi connectivity index (χ1n) is 8.77. The molecule has 0 fully saturated rings. The average Bonchev–Trinajstić information content (AvgIpc) is 2.70. The molecule has 15 heteroatoms. The summed E-state index contributed by atoms with van der Waals surface area (Å²) in [7, 11) is -7.05. The number of carbonyl (C=O) groups is 1. The summed E-state index contributed by atoms with van der Waals surface area (Å²) in [4.78, 5) is 23.3. The molecular weight excluding hydrogens is 485 g/mol. The number of sulfonamides is 1. The van der Waals surface area contributed by atoms with Gasteiger partial charge in [-0.25, -0.2) is 17.2 Å². The standard InChI is InChI=1S/C18H17F2N4O7PS/c1-10(17(25)24-18(21)22)6-11-7-14(19)16(15(20)8-11)31-12-2-4-13(5-3-12)33(28,29)23-9-30-32(26)27/h2-8,23H,9H2,1H3,(H4-,21,22,24,25,26,27)/p+1/b10-6+. The van der Waals surface area contributed by atoms with Crippen LogP contribution in [0.4, 0.5) is 8.78 Å². The van der Waals surface area contributed by atoms with E-state index >= 15 is 0 Å². The van der Waals surface area contributed by atoms with E-state index in [1.165, 1.54) is 13.0 Å². The van der Waals surface area contributed by atoms with E-state index < -0.39 is 54.3 Å². The van der Waals surface area contributed by atoms with Crippen LogP contribution in [0.2, 0.25) is 0 Å².